The van der Waals surface area contributed by atoms with Gasteiger partial charge in [0.1, 0.15) is 0 Å². The summed E-state index contributed by atoms with van der Waals surface area (Å²) in [7, 11) is 0. The highest BCUT2D eigenvalue weighted by molar-refractivity contribution is 6.12. The number of rotatable bonds is 4. The minimum Gasteiger partial charge on any atom is -0.310 e. The van der Waals surface area contributed by atoms with Crippen molar-refractivity contribution in [3.05, 3.63) is 241 Å². The molecule has 274 valence electrons. The van der Waals surface area contributed by atoms with E-state index in [0.717, 1.165) is 94.1 Å². The third-order valence-corrected chi connectivity index (χ3v) is 12.9. The minimum absolute atomic E-state index is 0.0129. The zero-order valence-corrected chi connectivity index (χ0v) is 31.9. The molecule has 0 saturated carbocycles. The van der Waals surface area contributed by atoms with Crippen molar-refractivity contribution < 1.29 is 5.48 Å². The van der Waals surface area contributed by atoms with E-state index in [0.29, 0.717) is 11.1 Å². The lowest BCUT2D eigenvalue weighted by Crippen LogP contribution is -2.32. The van der Waals surface area contributed by atoms with Gasteiger partial charge in [-0.05, 0) is 115 Å². The van der Waals surface area contributed by atoms with Crippen LogP contribution in [0.4, 0.5) is 17.1 Å². The number of fused-ring (bicyclic) bond motifs is 13. The van der Waals surface area contributed by atoms with Crippen molar-refractivity contribution in [2.24, 2.45) is 0 Å². The van der Waals surface area contributed by atoms with E-state index in [4.69, 9.17) is 2.74 Å². The summed E-state index contributed by atoms with van der Waals surface area (Å²) in [4.78, 5) is 2.37. The number of aromatic nitrogens is 1. The molecule has 0 fully saturated rings. The van der Waals surface area contributed by atoms with Crippen LogP contribution in [0.2, 0.25) is 0 Å². The lowest BCUT2D eigenvalue weighted by atomic mass is 9.61. The van der Waals surface area contributed by atoms with Gasteiger partial charge in [-0.1, -0.05) is 164 Å². The highest BCUT2D eigenvalue weighted by atomic mass is 15.1. The Bertz CT molecular complexity index is 3750. The van der Waals surface area contributed by atoms with Crippen molar-refractivity contribution in [2.75, 3.05) is 4.90 Å². The van der Waals surface area contributed by atoms with Gasteiger partial charge in [0.2, 0.25) is 0 Å². The number of benzene rings is 10. The smallest absolute Gasteiger partial charge is 0.0726 e. The molecule has 59 heavy (non-hydrogen) atoms. The monoisotopic (exact) mass is 752 g/mol. The van der Waals surface area contributed by atoms with Crippen LogP contribution in [-0.2, 0) is 5.41 Å². The van der Waals surface area contributed by atoms with Crippen molar-refractivity contribution in [1.29, 1.82) is 0 Å². The summed E-state index contributed by atoms with van der Waals surface area (Å²) in [6.45, 7) is 0. The predicted octanol–water partition coefficient (Wildman–Crippen LogP) is 14.9. The molecule has 2 heteroatoms. The highest BCUT2D eigenvalue weighted by Gasteiger charge is 2.50. The van der Waals surface area contributed by atoms with E-state index in [1.54, 1.807) is 0 Å². The molecule has 0 aliphatic heterocycles. The Kier molecular flexibility index (Phi) is 5.91. The Balaban J connectivity index is 1.16. The van der Waals surface area contributed by atoms with Gasteiger partial charge in [-0.25, -0.2) is 0 Å². The average molecular weight is 753 g/mol. The molecule has 0 radical (unpaired) electrons. The van der Waals surface area contributed by atoms with Gasteiger partial charge in [-0.3, -0.25) is 0 Å². The highest BCUT2D eigenvalue weighted by Crippen LogP contribution is 2.62. The Morgan fingerprint density at radius 3 is 1.98 bits per heavy atom. The van der Waals surface area contributed by atoms with E-state index in [2.05, 4.69) is 185 Å². The first-order chi connectivity index (χ1) is 30.9. The van der Waals surface area contributed by atoms with Crippen LogP contribution in [0, 0.1) is 0 Å². The average Bonchev–Trinajstić information content (AvgIpc) is 3.83. The summed E-state index contributed by atoms with van der Waals surface area (Å²) >= 11 is 0. The van der Waals surface area contributed by atoms with Gasteiger partial charge in [-0.2, -0.15) is 0 Å². The van der Waals surface area contributed by atoms with Gasteiger partial charge in [0.25, 0.3) is 0 Å². The predicted molar refractivity (Wildman–Crippen MR) is 247 cm³/mol. The van der Waals surface area contributed by atoms with Crippen molar-refractivity contribution >= 4 is 60.4 Å². The molecule has 1 unspecified atom stereocenters. The summed E-state index contributed by atoms with van der Waals surface area (Å²) in [5, 5.41) is 6.74. The van der Waals surface area contributed by atoms with Crippen LogP contribution in [0.3, 0.4) is 0 Å². The number of hydrogen-bond donors (Lipinski definition) is 0. The van der Waals surface area contributed by atoms with Crippen LogP contribution in [0.25, 0.3) is 71.3 Å². The Hall–Kier alpha value is -7.68. The molecule has 1 spiro atoms. The first-order valence-corrected chi connectivity index (χ1v) is 20.2. The Labute approximate surface area is 348 Å². The van der Waals surface area contributed by atoms with Gasteiger partial charge in [-0.15, -0.1) is 0 Å². The molecule has 0 amide bonds. The molecule has 11 aromatic rings. The second kappa shape index (κ2) is 12.2. The van der Waals surface area contributed by atoms with E-state index < -0.39 is 5.41 Å². The Morgan fingerprint density at radius 1 is 0.407 bits per heavy atom. The molecule has 1 heterocycles. The zero-order valence-electron chi connectivity index (χ0n) is 35.9. The molecule has 1 atom stereocenters. The van der Waals surface area contributed by atoms with E-state index in [1.807, 2.05) is 18.2 Å². The van der Waals surface area contributed by atoms with Crippen molar-refractivity contribution in [3.63, 3.8) is 0 Å². The van der Waals surface area contributed by atoms with E-state index >= 15 is 0 Å². The number of para-hydroxylation sites is 2. The van der Waals surface area contributed by atoms with Gasteiger partial charge in [0.05, 0.1) is 27.6 Å². The molecule has 13 rings (SSSR count). The molecule has 1 aromatic heterocycles. The first-order valence-electron chi connectivity index (χ1n) is 22.2. The molecule has 2 aliphatic rings. The molecule has 0 saturated heterocycles. The van der Waals surface area contributed by atoms with Gasteiger partial charge in [0.15, 0.2) is 0 Å². The largest absolute Gasteiger partial charge is 0.310 e. The van der Waals surface area contributed by atoms with Crippen LogP contribution in [0.1, 0.15) is 27.7 Å². The fraction of sp³-hybridized carbons (Fsp3) is 0.0175. The van der Waals surface area contributed by atoms with Crippen LogP contribution < -0.4 is 4.90 Å². The molecule has 2 nitrogen and oxygen atoms in total. The minimum atomic E-state index is -1.06. The van der Waals surface area contributed by atoms with Crippen molar-refractivity contribution in [2.45, 2.75) is 5.41 Å². The lowest BCUT2D eigenvalue weighted by molar-refractivity contribution is 0.773. The first kappa shape index (κ1) is 28.7. The van der Waals surface area contributed by atoms with E-state index in [1.165, 1.54) is 5.39 Å². The molecule has 0 bridgehead atoms. The summed E-state index contributed by atoms with van der Waals surface area (Å²) < 4.78 is 39.5. The topological polar surface area (TPSA) is 8.17 Å². The lowest BCUT2D eigenvalue weighted by Gasteiger charge is -2.41. The quantitative estimate of drug-likeness (QED) is 0.174. The van der Waals surface area contributed by atoms with Gasteiger partial charge in [0, 0.05) is 33.2 Å². The number of nitrogens with zero attached hydrogens (tertiary/aromatic N) is 2. The molecule has 10 aromatic carbocycles. The molecule has 0 N–H and O–H groups in total. The summed E-state index contributed by atoms with van der Waals surface area (Å²) in [5.41, 5.74) is 12.4. The molecular weight excluding hydrogens is 713 g/mol. The maximum atomic E-state index is 9.77. The Morgan fingerprint density at radius 2 is 1.05 bits per heavy atom. The molecule has 2 aliphatic carbocycles. The van der Waals surface area contributed by atoms with Crippen LogP contribution in [0.5, 0.6) is 0 Å². The fourth-order valence-electron chi connectivity index (χ4n) is 10.5. The fourth-order valence-corrected chi connectivity index (χ4v) is 10.5. The van der Waals surface area contributed by atoms with Crippen LogP contribution >= 0.6 is 0 Å². The third kappa shape index (κ3) is 4.35. The zero-order chi connectivity index (χ0) is 42.1. The second-order valence-corrected chi connectivity index (χ2v) is 15.7. The standard InChI is InChI=1S/C57H36N2/c1-2-19-39(20-3-1)59-54-29-11-8-24-46(54)48-35-40(32-34-55(48)59)58(53-30-14-16-37-15-4-5-21-42(37)53)41-31-33-45-47-25-12-17-38-18-13-28-51(56(38)47)57(52(45)36-41)49-26-9-6-22-43(49)44-23-7-10-27-50(44)57/h1-36H/i6D,9D,22D,26D. The number of anilines is 3. The summed E-state index contributed by atoms with van der Waals surface area (Å²) in [5.74, 6) is 0. The van der Waals surface area contributed by atoms with Crippen LogP contribution in [-0.4, -0.2) is 4.57 Å². The third-order valence-electron chi connectivity index (χ3n) is 12.9. The van der Waals surface area contributed by atoms with Crippen LogP contribution in [0.15, 0.2) is 218 Å². The maximum absolute atomic E-state index is 9.77. The second-order valence-electron chi connectivity index (χ2n) is 15.7. The van der Waals surface area contributed by atoms with Gasteiger partial charge < -0.3 is 9.47 Å². The number of hydrogen-bond acceptors (Lipinski definition) is 1. The summed E-state index contributed by atoms with van der Waals surface area (Å²) in [6, 6.07) is 68.3. The normalized spacial score (nSPS) is 15.8. The van der Waals surface area contributed by atoms with E-state index in [-0.39, 0.29) is 24.2 Å². The molecular formula is C57H36N2. The SMILES string of the molecule is [2H]c1c([2H])c([2H])c2c(c1[2H])-c1ccccc1C21c2cc(N(c3ccc4c(c3)c3ccccc3n4-c3ccccc3)c3cccc4ccccc34)ccc2-c2cccc3cccc1c23. The van der Waals surface area contributed by atoms with Crippen molar-refractivity contribution in [1.82, 2.24) is 4.57 Å². The maximum Gasteiger partial charge on any atom is 0.0726 e. The van der Waals surface area contributed by atoms with E-state index in [9.17, 15) is 2.74 Å². The van der Waals surface area contributed by atoms with Crippen molar-refractivity contribution in [3.8, 4) is 27.9 Å². The summed E-state index contributed by atoms with van der Waals surface area (Å²) in [6.07, 6.45) is 0. The van der Waals surface area contributed by atoms with Gasteiger partial charge >= 0.3 is 0 Å².